The molecule has 0 aromatic carbocycles. The summed E-state index contributed by atoms with van der Waals surface area (Å²) in [7, 11) is 2.22. The molecule has 1 aromatic rings. The number of hydrogen-bond donors (Lipinski definition) is 1. The fraction of sp³-hybridized carbons (Fsp3) is 0.400. The van der Waals surface area contributed by atoms with E-state index in [0.717, 1.165) is 20.4 Å². The van der Waals surface area contributed by atoms with Gasteiger partial charge in [0, 0.05) is 0 Å². The number of aromatic nitrogens is 1. The van der Waals surface area contributed by atoms with Crippen LogP contribution in [0.3, 0.4) is 0 Å². The molecule has 0 bridgehead atoms. The summed E-state index contributed by atoms with van der Waals surface area (Å²) < 4.78 is 49.5. The number of pyridine rings is 1. The summed E-state index contributed by atoms with van der Waals surface area (Å²) in [6.45, 7) is 0. The highest BCUT2D eigenvalue weighted by Crippen LogP contribution is 2.38. The third kappa shape index (κ3) is 3.90. The number of rotatable bonds is 4. The van der Waals surface area contributed by atoms with Crippen molar-refractivity contribution in [3.63, 3.8) is 0 Å². The molecule has 19 heavy (non-hydrogen) atoms. The van der Waals surface area contributed by atoms with Gasteiger partial charge in [0.1, 0.15) is 0 Å². The van der Waals surface area contributed by atoms with Gasteiger partial charge in [-0.25, -0.2) is 4.98 Å². The molecule has 1 aromatic heterocycles. The second kappa shape index (κ2) is 5.63. The van der Waals surface area contributed by atoms with Gasteiger partial charge >= 0.3 is 12.3 Å². The standard InChI is InChI=1S/C10H10F3NO5/c1-17-7(16)3-5-8(19-10(11,12)13)6(15)4-14-9(5)18-2/h4,15H,3H2,1-2H3. The summed E-state index contributed by atoms with van der Waals surface area (Å²) in [5.74, 6) is -2.91. The van der Waals surface area contributed by atoms with E-state index in [1.165, 1.54) is 0 Å². The molecule has 0 unspecified atom stereocenters. The highest BCUT2D eigenvalue weighted by molar-refractivity contribution is 5.75. The van der Waals surface area contributed by atoms with Crippen molar-refractivity contribution in [2.45, 2.75) is 12.8 Å². The molecular formula is C10H10F3NO5. The zero-order chi connectivity index (χ0) is 14.6. The van der Waals surface area contributed by atoms with Gasteiger partial charge in [0.2, 0.25) is 5.88 Å². The number of halogens is 3. The first kappa shape index (κ1) is 14.9. The van der Waals surface area contributed by atoms with Crippen molar-refractivity contribution in [1.29, 1.82) is 0 Å². The van der Waals surface area contributed by atoms with Crippen molar-refractivity contribution < 1.29 is 37.3 Å². The molecule has 0 aliphatic carbocycles. The fourth-order valence-corrected chi connectivity index (χ4v) is 1.29. The quantitative estimate of drug-likeness (QED) is 0.841. The van der Waals surface area contributed by atoms with Crippen molar-refractivity contribution in [1.82, 2.24) is 4.98 Å². The molecule has 9 heteroatoms. The number of alkyl halides is 3. The number of carbonyl (C=O) groups excluding carboxylic acids is 1. The summed E-state index contributed by atoms with van der Waals surface area (Å²) in [4.78, 5) is 14.7. The van der Waals surface area contributed by atoms with E-state index in [2.05, 4.69) is 14.5 Å². The Labute approximate surface area is 105 Å². The first-order valence-corrected chi connectivity index (χ1v) is 4.86. The Morgan fingerprint density at radius 3 is 2.53 bits per heavy atom. The fourth-order valence-electron chi connectivity index (χ4n) is 1.29. The second-order valence-electron chi connectivity index (χ2n) is 3.26. The topological polar surface area (TPSA) is 77.9 Å². The van der Waals surface area contributed by atoms with Crippen molar-refractivity contribution in [2.75, 3.05) is 14.2 Å². The molecule has 0 amide bonds. The third-order valence-electron chi connectivity index (χ3n) is 2.03. The molecule has 1 N–H and O–H groups in total. The Bertz CT molecular complexity index is 475. The first-order valence-electron chi connectivity index (χ1n) is 4.86. The van der Waals surface area contributed by atoms with Crippen molar-refractivity contribution in [3.05, 3.63) is 11.8 Å². The largest absolute Gasteiger partial charge is 0.573 e. The average Bonchev–Trinajstić information content (AvgIpc) is 2.32. The normalized spacial score (nSPS) is 11.0. The highest BCUT2D eigenvalue weighted by atomic mass is 19.4. The van der Waals surface area contributed by atoms with Crippen LogP contribution in [0.4, 0.5) is 13.2 Å². The molecule has 106 valence electrons. The maximum Gasteiger partial charge on any atom is 0.573 e. The summed E-state index contributed by atoms with van der Waals surface area (Å²) in [5, 5.41) is 9.37. The number of carbonyl (C=O) groups is 1. The minimum Gasteiger partial charge on any atom is -0.503 e. The summed E-state index contributed by atoms with van der Waals surface area (Å²) >= 11 is 0. The van der Waals surface area contributed by atoms with Crippen LogP contribution in [0.2, 0.25) is 0 Å². The van der Waals surface area contributed by atoms with Crippen LogP contribution in [0.5, 0.6) is 17.4 Å². The molecule has 1 heterocycles. The molecule has 0 fully saturated rings. The van der Waals surface area contributed by atoms with Crippen LogP contribution < -0.4 is 9.47 Å². The molecule has 6 nitrogen and oxygen atoms in total. The Kier molecular flexibility index (Phi) is 4.41. The van der Waals surface area contributed by atoms with Crippen LogP contribution in [0.25, 0.3) is 0 Å². The van der Waals surface area contributed by atoms with Gasteiger partial charge in [-0.3, -0.25) is 4.79 Å². The van der Waals surface area contributed by atoms with E-state index < -0.39 is 30.3 Å². The van der Waals surface area contributed by atoms with Gasteiger partial charge < -0.3 is 19.3 Å². The lowest BCUT2D eigenvalue weighted by atomic mass is 10.1. The van der Waals surface area contributed by atoms with Crippen LogP contribution in [-0.4, -0.2) is 36.6 Å². The van der Waals surface area contributed by atoms with Gasteiger partial charge in [0.15, 0.2) is 11.5 Å². The lowest BCUT2D eigenvalue weighted by Crippen LogP contribution is -2.19. The van der Waals surface area contributed by atoms with E-state index in [1.54, 1.807) is 0 Å². The maximum absolute atomic E-state index is 12.2. The van der Waals surface area contributed by atoms with E-state index in [-0.39, 0.29) is 11.4 Å². The van der Waals surface area contributed by atoms with Gasteiger partial charge in [-0.15, -0.1) is 13.2 Å². The van der Waals surface area contributed by atoms with E-state index in [4.69, 9.17) is 4.74 Å². The van der Waals surface area contributed by atoms with Crippen LogP contribution in [0.15, 0.2) is 6.20 Å². The predicted octanol–water partition coefficient (Wildman–Crippen LogP) is 1.41. The Balaban J connectivity index is 3.28. The van der Waals surface area contributed by atoms with E-state index >= 15 is 0 Å². The zero-order valence-electron chi connectivity index (χ0n) is 9.95. The SMILES string of the molecule is COC(=O)Cc1c(OC)ncc(O)c1OC(F)(F)F. The van der Waals surface area contributed by atoms with Crippen molar-refractivity contribution in [3.8, 4) is 17.4 Å². The number of nitrogens with zero attached hydrogens (tertiary/aromatic N) is 1. The number of ether oxygens (including phenoxy) is 3. The van der Waals surface area contributed by atoms with E-state index in [9.17, 15) is 23.1 Å². The Hall–Kier alpha value is -2.19. The Morgan fingerprint density at radius 1 is 1.42 bits per heavy atom. The first-order chi connectivity index (χ1) is 8.78. The molecule has 0 spiro atoms. The van der Waals surface area contributed by atoms with Crippen LogP contribution in [-0.2, 0) is 16.0 Å². The molecule has 0 saturated carbocycles. The Morgan fingerprint density at radius 2 is 2.05 bits per heavy atom. The van der Waals surface area contributed by atoms with Crippen molar-refractivity contribution in [2.24, 2.45) is 0 Å². The van der Waals surface area contributed by atoms with Gasteiger partial charge in [-0.05, 0) is 0 Å². The minimum atomic E-state index is -5.03. The monoisotopic (exact) mass is 281 g/mol. The van der Waals surface area contributed by atoms with Gasteiger partial charge in [-0.2, -0.15) is 0 Å². The molecule has 0 aliphatic heterocycles. The number of methoxy groups -OCH3 is 2. The molecule has 0 atom stereocenters. The lowest BCUT2D eigenvalue weighted by molar-refractivity contribution is -0.275. The van der Waals surface area contributed by atoms with Crippen LogP contribution >= 0.6 is 0 Å². The van der Waals surface area contributed by atoms with Gasteiger partial charge in [-0.1, -0.05) is 0 Å². The van der Waals surface area contributed by atoms with E-state index in [0.29, 0.717) is 0 Å². The van der Waals surface area contributed by atoms with Crippen LogP contribution in [0.1, 0.15) is 5.56 Å². The van der Waals surface area contributed by atoms with Gasteiger partial charge in [0.25, 0.3) is 0 Å². The highest BCUT2D eigenvalue weighted by Gasteiger charge is 2.35. The molecule has 0 saturated heterocycles. The summed E-state index contributed by atoms with van der Waals surface area (Å²) in [6.07, 6.45) is -4.90. The van der Waals surface area contributed by atoms with Gasteiger partial charge in [0.05, 0.1) is 32.4 Å². The summed E-state index contributed by atoms with van der Waals surface area (Å²) in [5.41, 5.74) is -0.355. The second-order valence-corrected chi connectivity index (χ2v) is 3.26. The molecule has 0 aliphatic rings. The number of aromatic hydroxyl groups is 1. The minimum absolute atomic E-state index is 0.276. The predicted molar refractivity (Wildman–Crippen MR) is 54.9 cm³/mol. The average molecular weight is 281 g/mol. The molecular weight excluding hydrogens is 271 g/mol. The molecule has 0 radical (unpaired) electrons. The smallest absolute Gasteiger partial charge is 0.503 e. The third-order valence-corrected chi connectivity index (χ3v) is 2.03. The summed E-state index contributed by atoms with van der Waals surface area (Å²) in [6, 6.07) is 0. The van der Waals surface area contributed by atoms with Crippen LogP contribution in [0, 0.1) is 0 Å². The van der Waals surface area contributed by atoms with E-state index in [1.807, 2.05) is 0 Å². The lowest BCUT2D eigenvalue weighted by Gasteiger charge is -2.15. The number of esters is 1. The zero-order valence-corrected chi connectivity index (χ0v) is 9.95. The molecule has 1 rings (SSSR count). The number of hydrogen-bond acceptors (Lipinski definition) is 6. The maximum atomic E-state index is 12.2. The van der Waals surface area contributed by atoms with Crippen molar-refractivity contribution >= 4 is 5.97 Å².